The minimum atomic E-state index is -0.164. The van der Waals surface area contributed by atoms with Gasteiger partial charge >= 0.3 is 0 Å². The van der Waals surface area contributed by atoms with Crippen LogP contribution in [0.25, 0.3) is 0 Å². The van der Waals surface area contributed by atoms with E-state index in [4.69, 9.17) is 0 Å². The normalized spacial score (nSPS) is 28.3. The second-order valence-corrected chi connectivity index (χ2v) is 15.7. The maximum absolute atomic E-state index is 14.0. The number of nitrogens with one attached hydrogen (secondary N) is 1. The number of unbranched alkanes of at least 4 members (excludes halogenated alkanes) is 2. The summed E-state index contributed by atoms with van der Waals surface area (Å²) in [5, 5.41) is 3.25. The van der Waals surface area contributed by atoms with Gasteiger partial charge in [0.15, 0.2) is 0 Å². The fourth-order valence-corrected chi connectivity index (χ4v) is 8.90. The van der Waals surface area contributed by atoms with E-state index in [-0.39, 0.29) is 29.7 Å². The van der Waals surface area contributed by atoms with Crippen LogP contribution in [0.2, 0.25) is 0 Å². The van der Waals surface area contributed by atoms with Crippen molar-refractivity contribution in [3.63, 3.8) is 0 Å². The standard InChI is InChI=1S/C39H66N4O2/c1-9-10-11-14-30-17-19-32(20-18-31(22-30)26-41(5)6)33-23-35(29(4)37(24-33)43(8)34-15-12-13-16-34)38(44)40-25-36-27(2)21-28(3)42(7)39(36)45/h23-24,27-28,30-32,34,36H,9-22,25-26H2,1-8H3,(H,40,44). The highest BCUT2D eigenvalue weighted by atomic mass is 16.2. The van der Waals surface area contributed by atoms with Gasteiger partial charge in [-0.05, 0) is 126 Å². The van der Waals surface area contributed by atoms with Gasteiger partial charge in [0.25, 0.3) is 5.91 Å². The maximum atomic E-state index is 14.0. The number of hydrogen-bond acceptors (Lipinski definition) is 4. The van der Waals surface area contributed by atoms with Crippen LogP contribution in [0.4, 0.5) is 5.69 Å². The minimum Gasteiger partial charge on any atom is -0.371 e. The Morgan fingerprint density at radius 3 is 2.31 bits per heavy atom. The molecule has 1 N–H and O–H groups in total. The monoisotopic (exact) mass is 623 g/mol. The highest BCUT2D eigenvalue weighted by Gasteiger charge is 2.36. The number of amides is 2. The molecule has 1 aromatic rings. The van der Waals surface area contributed by atoms with Crippen LogP contribution in [0.3, 0.4) is 0 Å². The van der Waals surface area contributed by atoms with Crippen LogP contribution in [0.1, 0.15) is 138 Å². The molecule has 1 saturated heterocycles. The summed E-state index contributed by atoms with van der Waals surface area (Å²) < 4.78 is 0. The summed E-state index contributed by atoms with van der Waals surface area (Å²) in [7, 11) is 8.59. The molecule has 6 nitrogen and oxygen atoms in total. The number of carbonyl (C=O) groups is 2. The van der Waals surface area contributed by atoms with E-state index in [1.165, 1.54) is 101 Å². The van der Waals surface area contributed by atoms with Crippen molar-refractivity contribution in [1.82, 2.24) is 15.1 Å². The number of nitrogens with zero attached hydrogens (tertiary/aromatic N) is 3. The van der Waals surface area contributed by atoms with Crippen LogP contribution in [0.15, 0.2) is 12.1 Å². The van der Waals surface area contributed by atoms with Crippen molar-refractivity contribution < 1.29 is 9.59 Å². The van der Waals surface area contributed by atoms with Crippen molar-refractivity contribution in [1.29, 1.82) is 0 Å². The van der Waals surface area contributed by atoms with E-state index < -0.39 is 0 Å². The smallest absolute Gasteiger partial charge is 0.251 e. The molecule has 3 fully saturated rings. The first kappa shape index (κ1) is 35.8. The zero-order valence-corrected chi connectivity index (χ0v) is 30.2. The van der Waals surface area contributed by atoms with Crippen molar-refractivity contribution in [3.8, 4) is 0 Å². The second kappa shape index (κ2) is 16.7. The highest BCUT2D eigenvalue weighted by molar-refractivity contribution is 5.97. The van der Waals surface area contributed by atoms with Crippen molar-refractivity contribution in [2.45, 2.75) is 136 Å². The lowest BCUT2D eigenvalue weighted by Gasteiger charge is -2.39. The van der Waals surface area contributed by atoms with Crippen molar-refractivity contribution >= 4 is 17.5 Å². The molecule has 6 atom stereocenters. The van der Waals surface area contributed by atoms with Gasteiger partial charge in [-0.1, -0.05) is 52.4 Å². The Kier molecular flexibility index (Phi) is 13.2. The SMILES string of the molecule is CCCCCC1CCC(c2cc(C(=O)NCC3C(=O)N(C)C(C)CC3C)c(C)c(N(C)C3CCCC3)c2)CCC(CN(C)C)C1. The summed E-state index contributed by atoms with van der Waals surface area (Å²) in [6.45, 7) is 10.3. The van der Waals surface area contributed by atoms with Crippen LogP contribution in [0.5, 0.6) is 0 Å². The van der Waals surface area contributed by atoms with E-state index in [1.807, 2.05) is 11.9 Å². The number of carbonyl (C=O) groups excluding carboxylic acids is 2. The number of anilines is 1. The van der Waals surface area contributed by atoms with Gasteiger partial charge in [-0.3, -0.25) is 9.59 Å². The molecule has 2 saturated carbocycles. The lowest BCUT2D eigenvalue weighted by Crippen LogP contribution is -2.51. The van der Waals surface area contributed by atoms with Crippen LogP contribution in [-0.4, -0.2) is 75.0 Å². The number of hydrogen-bond donors (Lipinski definition) is 1. The molecule has 0 bridgehead atoms. The molecule has 0 aromatic heterocycles. The first-order valence-electron chi connectivity index (χ1n) is 18.6. The third kappa shape index (κ3) is 9.26. The van der Waals surface area contributed by atoms with E-state index in [0.29, 0.717) is 18.5 Å². The van der Waals surface area contributed by atoms with Gasteiger partial charge in [0.2, 0.25) is 5.91 Å². The van der Waals surface area contributed by atoms with Crippen molar-refractivity contribution in [3.05, 3.63) is 28.8 Å². The molecule has 254 valence electrons. The molecule has 3 aliphatic rings. The molecular formula is C39H66N4O2. The lowest BCUT2D eigenvalue weighted by molar-refractivity contribution is -0.141. The molecule has 6 heteroatoms. The Bertz CT molecular complexity index is 1110. The van der Waals surface area contributed by atoms with Gasteiger partial charge in [-0.25, -0.2) is 0 Å². The predicted octanol–water partition coefficient (Wildman–Crippen LogP) is 8.03. The molecule has 1 aliphatic heterocycles. The summed E-state index contributed by atoms with van der Waals surface area (Å²) in [5.41, 5.74) is 4.45. The largest absolute Gasteiger partial charge is 0.371 e. The summed E-state index contributed by atoms with van der Waals surface area (Å²) in [4.78, 5) is 33.9. The van der Waals surface area contributed by atoms with Gasteiger partial charge in [-0.15, -0.1) is 0 Å². The van der Waals surface area contributed by atoms with E-state index in [9.17, 15) is 9.59 Å². The lowest BCUT2D eigenvalue weighted by atomic mass is 9.76. The summed E-state index contributed by atoms with van der Waals surface area (Å²) in [6, 6.07) is 5.47. The number of likely N-dealkylation sites (tertiary alicyclic amines) is 1. The molecule has 0 spiro atoms. The summed E-state index contributed by atoms with van der Waals surface area (Å²) in [5.74, 6) is 2.24. The molecule has 0 radical (unpaired) electrons. The average Bonchev–Trinajstić information content (AvgIpc) is 3.53. The fraction of sp³-hybridized carbons (Fsp3) is 0.795. The number of rotatable bonds is 12. The molecule has 45 heavy (non-hydrogen) atoms. The van der Waals surface area contributed by atoms with E-state index >= 15 is 0 Å². The molecule has 2 aliphatic carbocycles. The zero-order valence-electron chi connectivity index (χ0n) is 30.2. The Balaban J connectivity index is 1.61. The average molecular weight is 623 g/mol. The van der Waals surface area contributed by atoms with Gasteiger partial charge in [0, 0.05) is 50.5 Å². The molecular weight excluding hydrogens is 556 g/mol. The van der Waals surface area contributed by atoms with E-state index in [2.05, 4.69) is 76.1 Å². The first-order chi connectivity index (χ1) is 21.5. The first-order valence-corrected chi connectivity index (χ1v) is 18.6. The van der Waals surface area contributed by atoms with Gasteiger partial charge in [-0.2, -0.15) is 0 Å². The third-order valence-corrected chi connectivity index (χ3v) is 11.9. The predicted molar refractivity (Wildman–Crippen MR) is 189 cm³/mol. The number of piperidine rings is 1. The summed E-state index contributed by atoms with van der Waals surface area (Å²) in [6.07, 6.45) is 17.6. The number of benzene rings is 1. The maximum Gasteiger partial charge on any atom is 0.251 e. The zero-order chi connectivity index (χ0) is 32.7. The van der Waals surface area contributed by atoms with E-state index in [0.717, 1.165) is 29.4 Å². The van der Waals surface area contributed by atoms with Gasteiger partial charge in [0.1, 0.15) is 0 Å². The van der Waals surface area contributed by atoms with Crippen LogP contribution < -0.4 is 10.2 Å². The Morgan fingerprint density at radius 1 is 0.956 bits per heavy atom. The molecule has 1 aromatic carbocycles. The van der Waals surface area contributed by atoms with Crippen molar-refractivity contribution in [2.75, 3.05) is 46.2 Å². The topological polar surface area (TPSA) is 55.9 Å². The second-order valence-electron chi connectivity index (χ2n) is 15.7. The molecule has 2 amide bonds. The molecule has 6 unspecified atom stereocenters. The van der Waals surface area contributed by atoms with Gasteiger partial charge < -0.3 is 20.0 Å². The molecule has 1 heterocycles. The minimum absolute atomic E-state index is 0.0227. The molecule has 4 rings (SSSR count). The quantitative estimate of drug-likeness (QED) is 0.240. The highest BCUT2D eigenvalue weighted by Crippen LogP contribution is 2.40. The third-order valence-electron chi connectivity index (χ3n) is 11.9. The Hall–Kier alpha value is -2.08. The summed E-state index contributed by atoms with van der Waals surface area (Å²) >= 11 is 0. The van der Waals surface area contributed by atoms with Crippen molar-refractivity contribution in [2.24, 2.45) is 23.7 Å². The van der Waals surface area contributed by atoms with Crippen LogP contribution in [-0.2, 0) is 4.79 Å². The van der Waals surface area contributed by atoms with E-state index in [1.54, 1.807) is 0 Å². The van der Waals surface area contributed by atoms with Crippen LogP contribution in [0, 0.1) is 30.6 Å². The Labute approximate surface area is 276 Å². The fourth-order valence-electron chi connectivity index (χ4n) is 8.90. The van der Waals surface area contributed by atoms with Crippen LogP contribution >= 0.6 is 0 Å². The van der Waals surface area contributed by atoms with Gasteiger partial charge in [0.05, 0.1) is 5.92 Å². The Morgan fingerprint density at radius 2 is 1.64 bits per heavy atom.